The summed E-state index contributed by atoms with van der Waals surface area (Å²) in [5.74, 6) is -4.48. The molecule has 2 aromatic carbocycles. The van der Waals surface area contributed by atoms with Crippen molar-refractivity contribution >= 4 is 28.5 Å². The standard InChI is InChI=1S/C24H14ClF9N4/c1-9-2-3-11(18(27)17(9)26)21-20-10(16-13(35-20)5-4-12(25)19(16)28)6-7-38(21)22-36-14(23(29,30)31)8-15(37-22)24(32,33)34/h2-5,8,21,35H,6-7H2,1H3. The van der Waals surface area contributed by atoms with Gasteiger partial charge in [-0.05, 0) is 42.7 Å². The number of anilines is 1. The maximum absolute atomic E-state index is 15.3. The predicted octanol–water partition coefficient (Wildman–Crippen LogP) is 7.53. The second-order valence-corrected chi connectivity index (χ2v) is 9.09. The molecule has 1 aliphatic heterocycles. The molecule has 0 saturated heterocycles. The highest BCUT2D eigenvalue weighted by atomic mass is 35.5. The van der Waals surface area contributed by atoms with Gasteiger partial charge in [0.15, 0.2) is 28.8 Å². The number of hydrogen-bond acceptors (Lipinski definition) is 3. The van der Waals surface area contributed by atoms with Crippen LogP contribution in [0.1, 0.15) is 39.8 Å². The number of benzene rings is 2. The number of halogens is 10. The number of nitrogens with one attached hydrogen (secondary N) is 1. The van der Waals surface area contributed by atoms with E-state index < -0.39 is 58.7 Å². The van der Waals surface area contributed by atoms with E-state index in [-0.39, 0.29) is 51.8 Å². The molecule has 0 spiro atoms. The quantitative estimate of drug-likeness (QED) is 0.256. The highest BCUT2D eigenvalue weighted by Gasteiger charge is 2.42. The van der Waals surface area contributed by atoms with Gasteiger partial charge in [0.05, 0.1) is 5.02 Å². The van der Waals surface area contributed by atoms with Crippen LogP contribution in [-0.4, -0.2) is 21.5 Å². The minimum atomic E-state index is -5.27. The van der Waals surface area contributed by atoms with Crippen LogP contribution < -0.4 is 4.90 Å². The van der Waals surface area contributed by atoms with Gasteiger partial charge in [0.2, 0.25) is 5.95 Å². The Morgan fingerprint density at radius 2 is 1.53 bits per heavy atom. The fourth-order valence-electron chi connectivity index (χ4n) is 4.58. The highest BCUT2D eigenvalue weighted by molar-refractivity contribution is 6.31. The number of aromatic nitrogens is 3. The van der Waals surface area contributed by atoms with E-state index in [9.17, 15) is 35.1 Å². The van der Waals surface area contributed by atoms with E-state index in [1.807, 2.05) is 0 Å². The molecule has 3 heterocycles. The summed E-state index contributed by atoms with van der Waals surface area (Å²) in [5, 5.41) is -0.215. The molecule has 0 bridgehead atoms. The van der Waals surface area contributed by atoms with Gasteiger partial charge in [-0.25, -0.2) is 23.1 Å². The van der Waals surface area contributed by atoms with Crippen molar-refractivity contribution in [2.45, 2.75) is 31.7 Å². The van der Waals surface area contributed by atoms with E-state index in [4.69, 9.17) is 11.6 Å². The van der Waals surface area contributed by atoms with Crippen LogP contribution in [0.15, 0.2) is 30.3 Å². The Kier molecular flexibility index (Phi) is 6.04. The molecule has 2 aromatic heterocycles. The molecule has 0 amide bonds. The van der Waals surface area contributed by atoms with Crippen LogP contribution in [0, 0.1) is 24.4 Å². The Labute approximate surface area is 213 Å². The summed E-state index contributed by atoms with van der Waals surface area (Å²) in [6, 6.07) is 3.23. The van der Waals surface area contributed by atoms with Crippen molar-refractivity contribution in [3.8, 4) is 0 Å². The zero-order chi connectivity index (χ0) is 27.7. The van der Waals surface area contributed by atoms with Gasteiger partial charge in [-0.2, -0.15) is 26.3 Å². The monoisotopic (exact) mass is 564 g/mol. The maximum Gasteiger partial charge on any atom is 0.433 e. The Bertz CT molecular complexity index is 1540. The van der Waals surface area contributed by atoms with Gasteiger partial charge in [0.1, 0.15) is 6.04 Å². The molecule has 1 N–H and O–H groups in total. The molecular weight excluding hydrogens is 551 g/mol. The summed E-state index contributed by atoms with van der Waals surface area (Å²) < 4.78 is 126. The predicted molar refractivity (Wildman–Crippen MR) is 119 cm³/mol. The molecule has 1 aliphatic rings. The summed E-state index contributed by atoms with van der Waals surface area (Å²) >= 11 is 5.91. The molecule has 1 unspecified atom stereocenters. The van der Waals surface area contributed by atoms with Crippen LogP contribution in [0.5, 0.6) is 0 Å². The van der Waals surface area contributed by atoms with Crippen LogP contribution in [0.3, 0.4) is 0 Å². The van der Waals surface area contributed by atoms with Gasteiger partial charge in [-0.3, -0.25) is 0 Å². The molecular formula is C24H14ClF9N4. The van der Waals surface area contributed by atoms with Crippen LogP contribution in [0.25, 0.3) is 10.9 Å². The minimum absolute atomic E-state index is 0.0177. The van der Waals surface area contributed by atoms with Crippen molar-refractivity contribution in [3.63, 3.8) is 0 Å². The molecule has 0 fully saturated rings. The lowest BCUT2D eigenvalue weighted by Gasteiger charge is -2.36. The van der Waals surface area contributed by atoms with Gasteiger partial charge in [0, 0.05) is 28.7 Å². The largest absolute Gasteiger partial charge is 0.433 e. The Balaban J connectivity index is 1.80. The van der Waals surface area contributed by atoms with Crippen molar-refractivity contribution in [2.24, 2.45) is 0 Å². The maximum atomic E-state index is 15.3. The van der Waals surface area contributed by atoms with E-state index in [0.29, 0.717) is 0 Å². The summed E-state index contributed by atoms with van der Waals surface area (Å²) in [5.41, 5.74) is -3.79. The smallest absolute Gasteiger partial charge is 0.356 e. The summed E-state index contributed by atoms with van der Waals surface area (Å²) in [6.45, 7) is 0.919. The fourth-order valence-corrected chi connectivity index (χ4v) is 4.74. The van der Waals surface area contributed by atoms with Crippen molar-refractivity contribution < 1.29 is 39.5 Å². The Morgan fingerprint density at radius 3 is 2.13 bits per heavy atom. The van der Waals surface area contributed by atoms with E-state index in [2.05, 4.69) is 15.0 Å². The minimum Gasteiger partial charge on any atom is -0.356 e. The molecule has 4 aromatic rings. The first-order valence-corrected chi connectivity index (χ1v) is 11.3. The molecule has 200 valence electrons. The number of aryl methyl sites for hydroxylation is 1. The van der Waals surface area contributed by atoms with Crippen LogP contribution in [-0.2, 0) is 18.8 Å². The molecule has 38 heavy (non-hydrogen) atoms. The number of fused-ring (bicyclic) bond motifs is 3. The van der Waals surface area contributed by atoms with Gasteiger partial charge in [-0.1, -0.05) is 23.7 Å². The Morgan fingerprint density at radius 1 is 0.895 bits per heavy atom. The van der Waals surface area contributed by atoms with Gasteiger partial charge in [-0.15, -0.1) is 0 Å². The first kappa shape index (κ1) is 26.1. The summed E-state index contributed by atoms with van der Waals surface area (Å²) in [7, 11) is 0. The van der Waals surface area contributed by atoms with Gasteiger partial charge >= 0.3 is 12.4 Å². The Hall–Kier alpha value is -3.48. The SMILES string of the molecule is Cc1ccc(C2c3[nH]c4ccc(Cl)c(F)c4c3CCN2c2nc(C(F)(F)F)cc(C(F)(F)F)n2)c(F)c1F. The van der Waals surface area contributed by atoms with Crippen LogP contribution in [0.2, 0.25) is 5.02 Å². The first-order valence-electron chi connectivity index (χ1n) is 10.9. The second-order valence-electron chi connectivity index (χ2n) is 8.68. The number of H-pyrrole nitrogens is 1. The lowest BCUT2D eigenvalue weighted by Crippen LogP contribution is -2.38. The highest BCUT2D eigenvalue weighted by Crippen LogP contribution is 2.44. The van der Waals surface area contributed by atoms with Gasteiger partial charge in [0.25, 0.3) is 0 Å². The summed E-state index contributed by atoms with van der Waals surface area (Å²) in [4.78, 5) is 10.4. The first-order chi connectivity index (χ1) is 17.7. The van der Waals surface area contributed by atoms with E-state index in [1.54, 1.807) is 0 Å². The second kappa shape index (κ2) is 8.79. The van der Waals surface area contributed by atoms with Crippen LogP contribution >= 0.6 is 11.6 Å². The molecule has 1 atom stereocenters. The number of aromatic amines is 1. The number of rotatable bonds is 2. The molecule has 14 heteroatoms. The van der Waals surface area contributed by atoms with Crippen molar-refractivity contribution in [2.75, 3.05) is 11.4 Å². The van der Waals surface area contributed by atoms with Crippen LogP contribution in [0.4, 0.5) is 45.5 Å². The van der Waals surface area contributed by atoms with Crippen molar-refractivity contribution in [1.29, 1.82) is 0 Å². The topological polar surface area (TPSA) is 44.8 Å². The average Bonchev–Trinajstić information content (AvgIpc) is 3.23. The average molecular weight is 565 g/mol. The third kappa shape index (κ3) is 4.22. The zero-order valence-corrected chi connectivity index (χ0v) is 19.8. The lowest BCUT2D eigenvalue weighted by atomic mass is 9.91. The van der Waals surface area contributed by atoms with E-state index >= 15 is 4.39 Å². The van der Waals surface area contributed by atoms with E-state index in [1.165, 1.54) is 25.1 Å². The fraction of sp³-hybridized carbons (Fsp3) is 0.250. The normalized spacial score (nSPS) is 16.3. The molecule has 0 radical (unpaired) electrons. The van der Waals surface area contributed by atoms with Crippen molar-refractivity contribution in [1.82, 2.24) is 15.0 Å². The van der Waals surface area contributed by atoms with Crippen molar-refractivity contribution in [3.05, 3.63) is 86.6 Å². The summed E-state index contributed by atoms with van der Waals surface area (Å²) in [6.07, 6.45) is -10.6. The number of alkyl halides is 6. The lowest BCUT2D eigenvalue weighted by molar-refractivity contribution is -0.147. The number of hydrogen-bond donors (Lipinski definition) is 1. The molecule has 0 saturated carbocycles. The van der Waals surface area contributed by atoms with E-state index in [0.717, 1.165) is 11.0 Å². The third-order valence-electron chi connectivity index (χ3n) is 6.33. The molecule has 0 aliphatic carbocycles. The third-order valence-corrected chi connectivity index (χ3v) is 6.62. The molecule has 4 nitrogen and oxygen atoms in total. The zero-order valence-electron chi connectivity index (χ0n) is 19.0. The molecule has 5 rings (SSSR count). The number of nitrogens with zero attached hydrogens (tertiary/aromatic N) is 3. The van der Waals surface area contributed by atoms with Gasteiger partial charge < -0.3 is 9.88 Å².